The number of imidazole rings is 1. The standard InChI is InChI=1S/C18H17N5OS/c1-22(2)16(24)15(12-8-4-3-5-9-12)25-18-21-20-17-19-13-10-6-7-11-14(13)23(17)18/h3-11,15H,1-2H3,(H,19,20)/t15-/m0/s1. The number of hydrogen-bond acceptors (Lipinski definition) is 4. The Balaban J connectivity index is 1.80. The Hall–Kier alpha value is -2.80. The van der Waals surface area contributed by atoms with E-state index in [9.17, 15) is 4.79 Å². The molecule has 0 saturated heterocycles. The van der Waals surface area contributed by atoms with Crippen LogP contribution in [0.15, 0.2) is 59.8 Å². The molecule has 0 saturated carbocycles. The topological polar surface area (TPSA) is 66.3 Å². The van der Waals surface area contributed by atoms with Crippen LogP contribution in [0.4, 0.5) is 0 Å². The molecule has 0 radical (unpaired) electrons. The Bertz CT molecular complexity index is 1040. The molecule has 4 rings (SSSR count). The van der Waals surface area contributed by atoms with Gasteiger partial charge in [-0.05, 0) is 17.7 Å². The van der Waals surface area contributed by atoms with E-state index in [2.05, 4.69) is 15.2 Å². The molecule has 0 fully saturated rings. The molecule has 25 heavy (non-hydrogen) atoms. The van der Waals surface area contributed by atoms with Crippen molar-refractivity contribution >= 4 is 34.5 Å². The number of nitrogens with one attached hydrogen (secondary N) is 1. The van der Waals surface area contributed by atoms with Gasteiger partial charge in [-0.25, -0.2) is 10.1 Å². The van der Waals surface area contributed by atoms with Gasteiger partial charge < -0.3 is 4.90 Å². The number of carbonyl (C=O) groups excluding carboxylic acids is 1. The van der Waals surface area contributed by atoms with E-state index < -0.39 is 0 Å². The van der Waals surface area contributed by atoms with Crippen molar-refractivity contribution in [2.24, 2.45) is 0 Å². The van der Waals surface area contributed by atoms with Gasteiger partial charge in [-0.1, -0.05) is 54.2 Å². The van der Waals surface area contributed by atoms with Crippen LogP contribution in [0.5, 0.6) is 0 Å². The van der Waals surface area contributed by atoms with Crippen LogP contribution in [0.25, 0.3) is 16.8 Å². The van der Waals surface area contributed by atoms with Crippen molar-refractivity contribution in [1.82, 2.24) is 24.5 Å². The maximum atomic E-state index is 12.7. The second-order valence-corrected chi connectivity index (χ2v) is 6.98. The van der Waals surface area contributed by atoms with Gasteiger partial charge in [0.2, 0.25) is 11.7 Å². The summed E-state index contributed by atoms with van der Waals surface area (Å²) in [5, 5.41) is 7.68. The van der Waals surface area contributed by atoms with E-state index >= 15 is 0 Å². The predicted molar refractivity (Wildman–Crippen MR) is 98.6 cm³/mol. The first-order chi connectivity index (χ1) is 12.1. The number of thioether (sulfide) groups is 1. The zero-order valence-corrected chi connectivity index (χ0v) is 14.7. The molecule has 2 aromatic carbocycles. The molecule has 0 spiro atoms. The highest BCUT2D eigenvalue weighted by molar-refractivity contribution is 8.00. The van der Waals surface area contributed by atoms with Crippen molar-refractivity contribution in [1.29, 1.82) is 0 Å². The minimum atomic E-state index is -0.371. The van der Waals surface area contributed by atoms with Crippen LogP contribution in [0, 0.1) is 0 Å². The lowest BCUT2D eigenvalue weighted by atomic mass is 10.1. The third-order valence-corrected chi connectivity index (χ3v) is 5.19. The summed E-state index contributed by atoms with van der Waals surface area (Å²) in [6.45, 7) is 0. The number of carbonyl (C=O) groups is 1. The normalized spacial score (nSPS) is 12.6. The largest absolute Gasteiger partial charge is 0.348 e. The fraction of sp³-hybridized carbons (Fsp3) is 0.167. The number of H-pyrrole nitrogens is 1. The third kappa shape index (κ3) is 2.76. The summed E-state index contributed by atoms with van der Waals surface area (Å²) in [5.41, 5.74) is 2.82. The molecule has 0 aliphatic rings. The minimum absolute atomic E-state index is 0.0248. The van der Waals surface area contributed by atoms with E-state index in [0.29, 0.717) is 10.9 Å². The molecule has 0 aliphatic heterocycles. The Morgan fingerprint density at radius 3 is 2.60 bits per heavy atom. The number of aromatic amines is 1. The van der Waals surface area contributed by atoms with E-state index in [1.54, 1.807) is 19.0 Å². The van der Waals surface area contributed by atoms with Crippen LogP contribution >= 0.6 is 11.8 Å². The summed E-state index contributed by atoms with van der Waals surface area (Å²) in [5.74, 6) is 0.699. The lowest BCUT2D eigenvalue weighted by Gasteiger charge is -2.19. The van der Waals surface area contributed by atoms with Crippen LogP contribution in [0.1, 0.15) is 10.8 Å². The molecule has 7 heteroatoms. The number of hydrogen-bond donors (Lipinski definition) is 1. The van der Waals surface area contributed by atoms with Crippen LogP contribution in [0.3, 0.4) is 0 Å². The Labute approximate surface area is 148 Å². The quantitative estimate of drug-likeness (QED) is 0.574. The number of aromatic nitrogens is 4. The summed E-state index contributed by atoms with van der Waals surface area (Å²) in [4.78, 5) is 18.9. The Morgan fingerprint density at radius 2 is 1.84 bits per heavy atom. The maximum absolute atomic E-state index is 12.7. The monoisotopic (exact) mass is 351 g/mol. The molecule has 1 N–H and O–H groups in total. The van der Waals surface area contributed by atoms with Crippen molar-refractivity contribution in [2.45, 2.75) is 10.4 Å². The van der Waals surface area contributed by atoms with Crippen LogP contribution in [0.2, 0.25) is 0 Å². The number of rotatable bonds is 4. The molecular weight excluding hydrogens is 334 g/mol. The fourth-order valence-corrected chi connectivity index (χ4v) is 3.95. The molecule has 0 aliphatic carbocycles. The van der Waals surface area contributed by atoms with Gasteiger partial charge in [-0.15, -0.1) is 5.10 Å². The molecule has 2 heterocycles. The zero-order valence-electron chi connectivity index (χ0n) is 13.9. The predicted octanol–water partition coefficient (Wildman–Crippen LogP) is 3.13. The van der Waals surface area contributed by atoms with Gasteiger partial charge in [0.25, 0.3) is 0 Å². The number of benzene rings is 2. The fourth-order valence-electron chi connectivity index (χ4n) is 2.75. The SMILES string of the molecule is CN(C)C(=O)[C@@H](Sc1n[nH]c2nc3ccccc3n12)c1ccccc1. The van der Waals surface area contributed by atoms with Crippen molar-refractivity contribution in [3.63, 3.8) is 0 Å². The molecule has 0 unspecified atom stereocenters. The number of amides is 1. The van der Waals surface area contributed by atoms with E-state index in [1.165, 1.54) is 11.8 Å². The molecule has 1 atom stereocenters. The van der Waals surface area contributed by atoms with E-state index in [4.69, 9.17) is 0 Å². The van der Waals surface area contributed by atoms with Crippen LogP contribution in [-0.2, 0) is 4.79 Å². The number of para-hydroxylation sites is 2. The lowest BCUT2D eigenvalue weighted by molar-refractivity contribution is -0.128. The molecular formula is C18H17N5OS. The average molecular weight is 351 g/mol. The number of nitrogens with zero attached hydrogens (tertiary/aromatic N) is 4. The first-order valence-electron chi connectivity index (χ1n) is 7.89. The molecule has 126 valence electrons. The van der Waals surface area contributed by atoms with E-state index in [-0.39, 0.29) is 11.2 Å². The molecule has 2 aromatic heterocycles. The number of likely N-dealkylation sites (N-methyl/N-ethyl adjacent to an activating group) is 1. The van der Waals surface area contributed by atoms with Crippen molar-refractivity contribution in [3.8, 4) is 0 Å². The van der Waals surface area contributed by atoms with Crippen LogP contribution < -0.4 is 0 Å². The highest BCUT2D eigenvalue weighted by atomic mass is 32.2. The summed E-state index contributed by atoms with van der Waals surface area (Å²) < 4.78 is 1.96. The van der Waals surface area contributed by atoms with Crippen LogP contribution in [-0.4, -0.2) is 44.5 Å². The van der Waals surface area contributed by atoms with Gasteiger partial charge in [-0.3, -0.25) is 9.20 Å². The maximum Gasteiger partial charge on any atom is 0.240 e. The second kappa shape index (κ2) is 6.25. The van der Waals surface area contributed by atoms with Gasteiger partial charge in [0.05, 0.1) is 11.0 Å². The van der Waals surface area contributed by atoms with Gasteiger partial charge >= 0.3 is 0 Å². The van der Waals surface area contributed by atoms with Crippen molar-refractivity contribution in [2.75, 3.05) is 14.1 Å². The summed E-state index contributed by atoms with van der Waals surface area (Å²) in [7, 11) is 3.54. The Kier molecular flexibility index (Phi) is 3.93. The smallest absolute Gasteiger partial charge is 0.240 e. The highest BCUT2D eigenvalue weighted by Crippen LogP contribution is 2.36. The summed E-state index contributed by atoms with van der Waals surface area (Å²) >= 11 is 1.42. The summed E-state index contributed by atoms with van der Waals surface area (Å²) in [6.07, 6.45) is 0. The summed E-state index contributed by atoms with van der Waals surface area (Å²) in [6, 6.07) is 17.7. The molecule has 0 bridgehead atoms. The van der Waals surface area contributed by atoms with Gasteiger partial charge in [-0.2, -0.15) is 0 Å². The lowest BCUT2D eigenvalue weighted by Crippen LogP contribution is -2.26. The minimum Gasteiger partial charge on any atom is -0.348 e. The van der Waals surface area contributed by atoms with Gasteiger partial charge in [0.15, 0.2) is 5.16 Å². The Morgan fingerprint density at radius 1 is 1.12 bits per heavy atom. The van der Waals surface area contributed by atoms with E-state index in [1.807, 2.05) is 59.0 Å². The van der Waals surface area contributed by atoms with E-state index in [0.717, 1.165) is 16.6 Å². The molecule has 1 amide bonds. The first kappa shape index (κ1) is 15.7. The van der Waals surface area contributed by atoms with Gasteiger partial charge in [0.1, 0.15) is 5.25 Å². The highest BCUT2D eigenvalue weighted by Gasteiger charge is 2.26. The number of fused-ring (bicyclic) bond motifs is 3. The average Bonchev–Trinajstić information content (AvgIpc) is 3.19. The van der Waals surface area contributed by atoms with Gasteiger partial charge in [0, 0.05) is 14.1 Å². The first-order valence-corrected chi connectivity index (χ1v) is 8.77. The third-order valence-electron chi connectivity index (χ3n) is 3.99. The molecule has 4 aromatic rings. The second-order valence-electron chi connectivity index (χ2n) is 5.91. The zero-order chi connectivity index (χ0) is 17.4. The van der Waals surface area contributed by atoms with Crippen molar-refractivity contribution < 1.29 is 4.79 Å². The van der Waals surface area contributed by atoms with Crippen molar-refractivity contribution in [3.05, 3.63) is 60.2 Å². The molecule has 6 nitrogen and oxygen atoms in total.